The van der Waals surface area contributed by atoms with Crippen LogP contribution in [0.5, 0.6) is 0 Å². The highest BCUT2D eigenvalue weighted by Crippen LogP contribution is 2.66. The third-order valence-corrected chi connectivity index (χ3v) is 6.55. The second-order valence-electron chi connectivity index (χ2n) is 4.76. The first-order valence-electron chi connectivity index (χ1n) is 4.80. The van der Waals surface area contributed by atoms with Gasteiger partial charge in [0.05, 0.1) is 0 Å². The Kier molecular flexibility index (Phi) is 2.36. The highest BCUT2D eigenvalue weighted by Gasteiger charge is 2.60. The van der Waals surface area contributed by atoms with E-state index < -0.39 is 0 Å². The summed E-state index contributed by atoms with van der Waals surface area (Å²) >= 11 is 7.44. The van der Waals surface area contributed by atoms with E-state index >= 15 is 0 Å². The summed E-state index contributed by atoms with van der Waals surface area (Å²) in [4.78, 5) is 0. The van der Waals surface area contributed by atoms with E-state index in [1.165, 1.54) is 36.3 Å². The Morgan fingerprint density at radius 3 is 1.83 bits per heavy atom. The van der Waals surface area contributed by atoms with Crippen LogP contribution in [0, 0.1) is 16.7 Å². The Bertz CT molecular complexity index is 176. The molecule has 2 bridgehead atoms. The van der Waals surface area contributed by atoms with Crippen molar-refractivity contribution in [3.63, 3.8) is 0 Å². The van der Waals surface area contributed by atoms with Crippen LogP contribution in [0.2, 0.25) is 0 Å². The monoisotopic (exact) mass is 294 g/mol. The lowest BCUT2D eigenvalue weighted by molar-refractivity contribution is 0.167. The number of rotatable bonds is 2. The van der Waals surface area contributed by atoms with E-state index in [-0.39, 0.29) is 0 Å². The molecule has 0 N–H and O–H groups in total. The molecule has 0 heterocycles. The molecule has 2 rings (SSSR count). The second kappa shape index (κ2) is 2.98. The molecule has 0 nitrogen and oxygen atoms in total. The van der Waals surface area contributed by atoms with Gasteiger partial charge in [0.25, 0.3) is 0 Å². The van der Waals surface area contributed by atoms with Crippen molar-refractivity contribution in [2.24, 2.45) is 16.7 Å². The third kappa shape index (κ3) is 0.943. The van der Waals surface area contributed by atoms with E-state index in [0.717, 1.165) is 5.92 Å². The molecule has 0 aromatic heterocycles. The molecule has 0 saturated heterocycles. The van der Waals surface area contributed by atoms with E-state index in [2.05, 4.69) is 38.8 Å². The van der Waals surface area contributed by atoms with Crippen LogP contribution in [0.4, 0.5) is 0 Å². The summed E-state index contributed by atoms with van der Waals surface area (Å²) in [5, 5.41) is 2.37. The topological polar surface area (TPSA) is 0 Å². The van der Waals surface area contributed by atoms with Gasteiger partial charge in [-0.3, -0.25) is 0 Å². The van der Waals surface area contributed by atoms with Gasteiger partial charge in [-0.1, -0.05) is 38.8 Å². The molecular weight excluding hydrogens is 280 g/mol. The molecule has 0 radical (unpaired) electrons. The average Bonchev–Trinajstić information content (AvgIpc) is 2.52. The minimum absolute atomic E-state index is 0.576. The van der Waals surface area contributed by atoms with Crippen LogP contribution in [0.25, 0.3) is 0 Å². The smallest absolute Gasteiger partial charge is 0.0104 e. The lowest BCUT2D eigenvalue weighted by atomic mass is 9.71. The Labute approximate surface area is 91.7 Å². The number of hydrogen-bond donors (Lipinski definition) is 0. The van der Waals surface area contributed by atoms with Crippen LogP contribution in [0.15, 0.2) is 0 Å². The van der Waals surface area contributed by atoms with Gasteiger partial charge in [0, 0.05) is 10.7 Å². The van der Waals surface area contributed by atoms with Crippen LogP contribution in [0.3, 0.4) is 0 Å². The average molecular weight is 296 g/mol. The zero-order valence-electron chi connectivity index (χ0n) is 7.58. The quantitative estimate of drug-likeness (QED) is 0.676. The predicted molar refractivity (Wildman–Crippen MR) is 60.1 cm³/mol. The first-order chi connectivity index (χ1) is 5.68. The molecule has 0 amide bonds. The van der Waals surface area contributed by atoms with Gasteiger partial charge in [-0.15, -0.1) is 0 Å². The summed E-state index contributed by atoms with van der Waals surface area (Å²) in [5.41, 5.74) is 1.21. The van der Waals surface area contributed by atoms with Crippen molar-refractivity contribution in [2.75, 3.05) is 10.7 Å². The summed E-state index contributed by atoms with van der Waals surface area (Å²) in [6, 6.07) is 0. The standard InChI is InChI=1S/C10H16Br2/c1-9-4-2-8(3-5-9)10(9,6-11)7-12/h8H,2-7H2,1H3. The van der Waals surface area contributed by atoms with Crippen LogP contribution in [-0.2, 0) is 0 Å². The Morgan fingerprint density at radius 1 is 1.17 bits per heavy atom. The molecule has 0 aromatic rings. The van der Waals surface area contributed by atoms with Crippen LogP contribution in [-0.4, -0.2) is 10.7 Å². The van der Waals surface area contributed by atoms with Gasteiger partial charge in [-0.2, -0.15) is 0 Å². The van der Waals surface area contributed by atoms with Gasteiger partial charge < -0.3 is 0 Å². The maximum Gasteiger partial charge on any atom is 0.0104 e. The van der Waals surface area contributed by atoms with E-state index in [0.29, 0.717) is 10.8 Å². The highest BCUT2D eigenvalue weighted by molar-refractivity contribution is 9.09. The van der Waals surface area contributed by atoms with Gasteiger partial charge in [0.1, 0.15) is 0 Å². The summed E-state index contributed by atoms with van der Waals surface area (Å²) in [7, 11) is 0. The number of fused-ring (bicyclic) bond motifs is 2. The normalized spacial score (nSPS) is 43.8. The molecule has 0 atom stereocenters. The summed E-state index contributed by atoms with van der Waals surface area (Å²) in [6.45, 7) is 2.49. The summed E-state index contributed by atoms with van der Waals surface area (Å²) in [5.74, 6) is 0.987. The van der Waals surface area contributed by atoms with Crippen molar-refractivity contribution in [1.82, 2.24) is 0 Å². The summed E-state index contributed by atoms with van der Waals surface area (Å²) in [6.07, 6.45) is 5.84. The van der Waals surface area contributed by atoms with Gasteiger partial charge in [0.15, 0.2) is 0 Å². The Balaban J connectivity index is 2.34. The van der Waals surface area contributed by atoms with Crippen LogP contribution in [0.1, 0.15) is 32.6 Å². The van der Waals surface area contributed by atoms with Gasteiger partial charge in [-0.25, -0.2) is 0 Å². The minimum Gasteiger partial charge on any atom is -0.0921 e. The number of alkyl halides is 2. The van der Waals surface area contributed by atoms with Gasteiger partial charge in [-0.05, 0) is 42.4 Å². The highest BCUT2D eigenvalue weighted by atomic mass is 79.9. The van der Waals surface area contributed by atoms with Crippen molar-refractivity contribution in [3.05, 3.63) is 0 Å². The fourth-order valence-corrected chi connectivity index (χ4v) is 6.57. The number of hydrogen-bond acceptors (Lipinski definition) is 0. The lowest BCUT2D eigenvalue weighted by Gasteiger charge is -2.38. The Hall–Kier alpha value is 0.960. The fourth-order valence-electron chi connectivity index (χ4n) is 3.37. The molecule has 2 aliphatic rings. The maximum absolute atomic E-state index is 3.72. The molecule has 0 aromatic carbocycles. The molecule has 0 unspecified atom stereocenters. The predicted octanol–water partition coefficient (Wildman–Crippen LogP) is 3.97. The molecule has 0 aliphatic heterocycles. The van der Waals surface area contributed by atoms with Crippen molar-refractivity contribution in [3.8, 4) is 0 Å². The van der Waals surface area contributed by atoms with Crippen molar-refractivity contribution < 1.29 is 0 Å². The van der Waals surface area contributed by atoms with Crippen molar-refractivity contribution in [1.29, 1.82) is 0 Å². The first kappa shape index (κ1) is 9.51. The fraction of sp³-hybridized carbons (Fsp3) is 1.00. The zero-order valence-corrected chi connectivity index (χ0v) is 10.7. The van der Waals surface area contributed by atoms with E-state index in [4.69, 9.17) is 0 Å². The van der Waals surface area contributed by atoms with Crippen molar-refractivity contribution >= 4 is 31.9 Å². The lowest BCUT2D eigenvalue weighted by Crippen LogP contribution is -2.37. The van der Waals surface area contributed by atoms with Crippen molar-refractivity contribution in [2.45, 2.75) is 32.6 Å². The van der Waals surface area contributed by atoms with E-state index in [1.807, 2.05) is 0 Å². The molecule has 0 spiro atoms. The van der Waals surface area contributed by atoms with Crippen LogP contribution >= 0.6 is 31.9 Å². The largest absolute Gasteiger partial charge is 0.0921 e. The zero-order chi connectivity index (χ0) is 8.82. The molecule has 2 heteroatoms. The molecule has 2 fully saturated rings. The summed E-state index contributed by atoms with van der Waals surface area (Å²) < 4.78 is 0. The molecular formula is C10H16Br2. The second-order valence-corrected chi connectivity index (χ2v) is 5.88. The minimum atomic E-state index is 0.576. The third-order valence-electron chi connectivity index (χ3n) is 4.55. The van der Waals surface area contributed by atoms with Gasteiger partial charge in [0.2, 0.25) is 0 Å². The number of halogens is 2. The van der Waals surface area contributed by atoms with E-state index in [1.54, 1.807) is 0 Å². The molecule has 70 valence electrons. The molecule has 2 aliphatic carbocycles. The molecule has 2 saturated carbocycles. The Morgan fingerprint density at radius 2 is 1.67 bits per heavy atom. The molecule has 12 heavy (non-hydrogen) atoms. The maximum atomic E-state index is 3.72. The SMILES string of the molecule is CC12CCC(CC1)C2(CBr)CBr. The van der Waals surface area contributed by atoms with Crippen LogP contribution < -0.4 is 0 Å². The van der Waals surface area contributed by atoms with Gasteiger partial charge >= 0.3 is 0 Å². The van der Waals surface area contributed by atoms with E-state index in [9.17, 15) is 0 Å². The first-order valence-corrected chi connectivity index (χ1v) is 7.05.